The maximum atomic E-state index is 16.1. The topological polar surface area (TPSA) is 98.7 Å². The molecule has 9 nitrogen and oxygen atoms in total. The number of H-pyrrole nitrogens is 1. The first-order chi connectivity index (χ1) is 18.0. The van der Waals surface area contributed by atoms with E-state index in [1.54, 1.807) is 27.9 Å². The summed E-state index contributed by atoms with van der Waals surface area (Å²) in [6, 6.07) is 5.15. The summed E-state index contributed by atoms with van der Waals surface area (Å²) < 4.78 is 35.4. The number of aromatic nitrogens is 3. The van der Waals surface area contributed by atoms with Crippen LogP contribution in [0.25, 0.3) is 16.5 Å². The Morgan fingerprint density at radius 2 is 1.95 bits per heavy atom. The Hall–Kier alpha value is -3.07. The number of carbonyl (C=O) groups is 2. The van der Waals surface area contributed by atoms with Gasteiger partial charge >= 0.3 is 5.97 Å². The number of hydrogen-bond acceptors (Lipinski definition) is 6. The summed E-state index contributed by atoms with van der Waals surface area (Å²) in [7, 11) is -0.305. The van der Waals surface area contributed by atoms with Crippen LogP contribution in [-0.2, 0) is 25.1 Å². The number of nitrogens with zero attached hydrogens (tertiary/aromatic N) is 3. The lowest BCUT2D eigenvalue weighted by Crippen LogP contribution is -2.41. The number of aromatic amines is 1. The van der Waals surface area contributed by atoms with Crippen LogP contribution in [0.15, 0.2) is 36.7 Å². The third kappa shape index (κ3) is 4.77. The predicted molar refractivity (Wildman–Crippen MR) is 142 cm³/mol. The molecule has 1 aromatic carbocycles. The van der Waals surface area contributed by atoms with Gasteiger partial charge in [-0.1, -0.05) is 6.08 Å². The summed E-state index contributed by atoms with van der Waals surface area (Å²) in [5.41, 5.74) is 0.212. The zero-order valence-electron chi connectivity index (χ0n) is 22.2. The quantitative estimate of drug-likeness (QED) is 0.363. The van der Waals surface area contributed by atoms with E-state index in [1.807, 2.05) is 46.0 Å². The molecule has 202 valence electrons. The maximum Gasteiger partial charge on any atom is 0.354 e. The summed E-state index contributed by atoms with van der Waals surface area (Å²) in [6.07, 6.45) is 6.37. The van der Waals surface area contributed by atoms with E-state index in [-0.39, 0.29) is 23.7 Å². The number of esters is 1. The number of halogens is 1. The second-order valence-corrected chi connectivity index (χ2v) is 11.9. The Kier molecular flexibility index (Phi) is 6.92. The first-order valence-corrected chi connectivity index (χ1v) is 13.7. The molecule has 2 aliphatic rings. The zero-order chi connectivity index (χ0) is 27.2. The Morgan fingerprint density at radius 3 is 2.61 bits per heavy atom. The summed E-state index contributed by atoms with van der Waals surface area (Å²) in [5.74, 6) is -1.11. The molecule has 1 amide bonds. The average Bonchev–Trinajstić information content (AvgIpc) is 3.61. The van der Waals surface area contributed by atoms with Crippen LogP contribution in [0.4, 0.5) is 4.39 Å². The van der Waals surface area contributed by atoms with Gasteiger partial charge in [-0.2, -0.15) is 5.10 Å². The molecule has 1 fully saturated rings. The van der Waals surface area contributed by atoms with Crippen LogP contribution >= 0.6 is 8.38 Å². The van der Waals surface area contributed by atoms with Crippen LogP contribution in [0.3, 0.4) is 0 Å². The molecule has 3 aromatic rings. The monoisotopic (exact) mass is 542 g/mol. The Morgan fingerprint density at radius 1 is 1.21 bits per heavy atom. The van der Waals surface area contributed by atoms with E-state index < -0.39 is 31.4 Å². The summed E-state index contributed by atoms with van der Waals surface area (Å²) in [6.45, 7) is 9.17. The third-order valence-corrected chi connectivity index (χ3v) is 9.48. The smallest absolute Gasteiger partial charge is 0.354 e. The number of ether oxygens (including phenoxy) is 1. The van der Waals surface area contributed by atoms with Crippen molar-refractivity contribution in [3.63, 3.8) is 0 Å². The molecular formula is C27H32FN4O5P. The van der Waals surface area contributed by atoms with Gasteiger partial charge in [0.2, 0.25) is 14.3 Å². The van der Waals surface area contributed by atoms with E-state index in [1.165, 1.54) is 7.11 Å². The number of fused-ring (bicyclic) bond motifs is 1. The molecule has 1 saturated heterocycles. The molecule has 2 aromatic heterocycles. The van der Waals surface area contributed by atoms with Crippen LogP contribution < -0.4 is 5.30 Å². The van der Waals surface area contributed by atoms with Crippen LogP contribution in [0, 0.1) is 5.82 Å². The van der Waals surface area contributed by atoms with Gasteiger partial charge in [-0.25, -0.2) is 9.18 Å². The number of benzene rings is 1. The van der Waals surface area contributed by atoms with E-state index >= 15 is 4.39 Å². The Balaban J connectivity index is 1.51. The molecule has 5 rings (SSSR count). The van der Waals surface area contributed by atoms with Crippen molar-refractivity contribution in [1.29, 1.82) is 0 Å². The lowest BCUT2D eigenvalue weighted by atomic mass is 9.90. The van der Waals surface area contributed by atoms with E-state index in [9.17, 15) is 9.59 Å². The third-order valence-electron chi connectivity index (χ3n) is 7.47. The lowest BCUT2D eigenvalue weighted by Gasteiger charge is -2.29. The molecule has 2 aliphatic heterocycles. The number of methoxy groups -OCH3 is 1. The molecule has 4 heterocycles. The van der Waals surface area contributed by atoms with Crippen LogP contribution in [0.1, 0.15) is 56.6 Å². The molecule has 0 bridgehead atoms. The van der Waals surface area contributed by atoms with Crippen LogP contribution in [0.2, 0.25) is 0 Å². The minimum Gasteiger partial charge on any atom is -0.464 e. The van der Waals surface area contributed by atoms with Gasteiger partial charge in [0.25, 0.3) is 0 Å². The number of carbonyl (C=O) groups excluding carboxylic acids is 2. The van der Waals surface area contributed by atoms with Gasteiger partial charge in [0.1, 0.15) is 5.69 Å². The highest BCUT2D eigenvalue weighted by atomic mass is 31.2. The lowest BCUT2D eigenvalue weighted by molar-refractivity contribution is -0.131. The van der Waals surface area contributed by atoms with E-state index in [0.29, 0.717) is 47.8 Å². The zero-order valence-corrected chi connectivity index (χ0v) is 23.1. The first kappa shape index (κ1) is 26.5. The van der Waals surface area contributed by atoms with Crippen molar-refractivity contribution in [3.8, 4) is 0 Å². The van der Waals surface area contributed by atoms with E-state index in [0.717, 1.165) is 0 Å². The van der Waals surface area contributed by atoms with Gasteiger partial charge < -0.3 is 23.7 Å². The maximum absolute atomic E-state index is 16.1. The predicted octanol–water partition coefficient (Wildman–Crippen LogP) is 4.54. The van der Waals surface area contributed by atoms with Crippen LogP contribution in [-0.4, -0.2) is 62.9 Å². The van der Waals surface area contributed by atoms with E-state index in [2.05, 4.69) is 10.1 Å². The van der Waals surface area contributed by atoms with Gasteiger partial charge in [0.05, 0.1) is 23.8 Å². The number of aryl methyl sites for hydroxylation is 1. The standard InChI is InChI=1S/C27H32FN4O5P/c1-26(2)27(3,4)37-38(36-26)21-15-18(23(28)24-19(21)14-20(30-24)25(34)35-5)17-8-6-11-31(16-17)22(33)9-13-32-12-7-10-29-32/h7-8,10,12,14-15,30H,6,9,11,13,16H2,1-5H3. The summed E-state index contributed by atoms with van der Waals surface area (Å²) in [5, 5.41) is 5.33. The number of hydrogen-bond donors (Lipinski definition) is 1. The second-order valence-electron chi connectivity index (χ2n) is 10.5. The highest BCUT2D eigenvalue weighted by Gasteiger charge is 2.51. The molecular weight excluding hydrogens is 510 g/mol. The molecule has 0 radical (unpaired) electrons. The molecule has 38 heavy (non-hydrogen) atoms. The SMILES string of the molecule is COC(=O)c1cc2c(P3OC(C)(C)C(C)(C)O3)cc(C3=CCCN(C(=O)CCn4cccn4)C3)c(F)c2[nH]1. The molecule has 1 N–H and O–H groups in total. The van der Waals surface area contributed by atoms with Crippen molar-refractivity contribution in [2.45, 2.75) is 58.3 Å². The molecule has 0 aliphatic carbocycles. The summed E-state index contributed by atoms with van der Waals surface area (Å²) >= 11 is 0. The highest BCUT2D eigenvalue weighted by molar-refractivity contribution is 7.57. The Bertz CT molecular complexity index is 1400. The van der Waals surface area contributed by atoms with Gasteiger partial charge in [0.15, 0.2) is 5.82 Å². The van der Waals surface area contributed by atoms with Crippen LogP contribution in [0.5, 0.6) is 0 Å². The Labute approximate surface area is 221 Å². The fraction of sp³-hybridized carbons (Fsp3) is 0.444. The molecule has 11 heteroatoms. The average molecular weight is 543 g/mol. The fourth-order valence-corrected chi connectivity index (χ4v) is 6.66. The normalized spacial score (nSPS) is 19.1. The fourth-order valence-electron chi connectivity index (χ4n) is 4.55. The molecule has 0 spiro atoms. The van der Waals surface area contributed by atoms with Gasteiger partial charge in [0, 0.05) is 54.7 Å². The molecule has 0 atom stereocenters. The van der Waals surface area contributed by atoms with Crippen molar-refractivity contribution in [3.05, 3.63) is 53.7 Å². The number of nitrogens with one attached hydrogen (secondary N) is 1. The summed E-state index contributed by atoms with van der Waals surface area (Å²) in [4.78, 5) is 29.9. The van der Waals surface area contributed by atoms with Crippen molar-refractivity contribution >= 4 is 42.0 Å². The first-order valence-electron chi connectivity index (χ1n) is 12.6. The van der Waals surface area contributed by atoms with Crippen molar-refractivity contribution in [2.75, 3.05) is 20.2 Å². The minimum atomic E-state index is -1.58. The van der Waals surface area contributed by atoms with Crippen molar-refractivity contribution in [1.82, 2.24) is 19.7 Å². The van der Waals surface area contributed by atoms with Gasteiger partial charge in [-0.3, -0.25) is 9.48 Å². The van der Waals surface area contributed by atoms with Crippen molar-refractivity contribution < 1.29 is 27.8 Å². The van der Waals surface area contributed by atoms with Gasteiger partial charge in [-0.15, -0.1) is 0 Å². The second kappa shape index (κ2) is 9.91. The van der Waals surface area contributed by atoms with E-state index in [4.69, 9.17) is 13.8 Å². The molecule has 0 saturated carbocycles. The highest BCUT2D eigenvalue weighted by Crippen LogP contribution is 2.58. The molecule has 0 unspecified atom stereocenters. The van der Waals surface area contributed by atoms with Gasteiger partial charge in [-0.05, 0) is 57.9 Å². The van der Waals surface area contributed by atoms with Crippen molar-refractivity contribution in [2.24, 2.45) is 0 Å². The minimum absolute atomic E-state index is 0.0176. The number of amides is 1. The number of rotatable bonds is 6. The largest absolute Gasteiger partial charge is 0.464 e.